The predicted molar refractivity (Wildman–Crippen MR) is 62.1 cm³/mol. The molecule has 0 spiro atoms. The van der Waals surface area contributed by atoms with E-state index in [4.69, 9.17) is 15.4 Å². The Hall–Kier alpha value is -1.59. The lowest BCUT2D eigenvalue weighted by Crippen LogP contribution is -2.31. The number of hydrogen-bond donors (Lipinski definition) is 2. The van der Waals surface area contributed by atoms with Crippen molar-refractivity contribution in [1.29, 1.82) is 0 Å². The maximum atomic E-state index is 9.35. The third-order valence-corrected chi connectivity index (χ3v) is 2.23. The summed E-state index contributed by atoms with van der Waals surface area (Å²) in [5.74, 6) is 0. The van der Waals surface area contributed by atoms with Gasteiger partial charge in [0.2, 0.25) is 0 Å². The highest BCUT2D eigenvalue weighted by Gasteiger charge is 2.16. The second-order valence-electron chi connectivity index (χ2n) is 3.52. The van der Waals surface area contributed by atoms with Gasteiger partial charge < -0.3 is 14.9 Å². The molecule has 2 N–H and O–H groups in total. The minimum atomic E-state index is -1.10. The van der Waals surface area contributed by atoms with E-state index in [0.717, 1.165) is 5.56 Å². The van der Waals surface area contributed by atoms with Gasteiger partial charge in [0.05, 0.1) is 32.0 Å². The zero-order valence-corrected chi connectivity index (χ0v) is 9.31. The largest absolute Gasteiger partial charge is 0.394 e. The summed E-state index contributed by atoms with van der Waals surface area (Å²) in [6, 6.07) is 8.74. The van der Waals surface area contributed by atoms with Gasteiger partial charge in [-0.1, -0.05) is 35.4 Å². The van der Waals surface area contributed by atoms with Crippen molar-refractivity contribution in [2.24, 2.45) is 5.11 Å². The second-order valence-corrected chi connectivity index (χ2v) is 3.52. The number of benzene rings is 1. The maximum absolute atomic E-state index is 9.35. The van der Waals surface area contributed by atoms with Crippen LogP contribution in [0.1, 0.15) is 5.56 Å². The number of ether oxygens (including phenoxy) is 1. The topological polar surface area (TPSA) is 98.5 Å². The molecule has 0 radical (unpaired) electrons. The van der Waals surface area contributed by atoms with Gasteiger partial charge in [-0.3, -0.25) is 0 Å². The van der Waals surface area contributed by atoms with Crippen molar-refractivity contribution in [3.63, 3.8) is 0 Å². The molecular weight excluding hydrogens is 222 g/mol. The highest BCUT2D eigenvalue weighted by Crippen LogP contribution is 2.05. The van der Waals surface area contributed by atoms with Crippen LogP contribution >= 0.6 is 0 Å². The lowest BCUT2D eigenvalue weighted by atomic mass is 10.2. The highest BCUT2D eigenvalue weighted by atomic mass is 16.5. The van der Waals surface area contributed by atoms with Crippen LogP contribution in [0.5, 0.6) is 0 Å². The molecule has 92 valence electrons. The zero-order valence-electron chi connectivity index (χ0n) is 9.31. The Kier molecular flexibility index (Phi) is 6.06. The SMILES string of the molecule is [N-]=[N+]=N[C@H](COCc1ccccc1)[C@@H](O)CO. The van der Waals surface area contributed by atoms with Crippen LogP contribution in [0.3, 0.4) is 0 Å². The standard InChI is InChI=1S/C11H15N3O3/c12-14-13-10(11(16)6-15)8-17-7-9-4-2-1-3-5-9/h1-5,10-11,15-16H,6-8H2/t10-,11+/m1/s1. The van der Waals surface area contributed by atoms with E-state index >= 15 is 0 Å². The first-order valence-electron chi connectivity index (χ1n) is 5.22. The Morgan fingerprint density at radius 2 is 2.06 bits per heavy atom. The third-order valence-electron chi connectivity index (χ3n) is 2.23. The first-order valence-corrected chi connectivity index (χ1v) is 5.22. The quantitative estimate of drug-likeness (QED) is 0.424. The van der Waals surface area contributed by atoms with Gasteiger partial charge in [-0.15, -0.1) is 0 Å². The average molecular weight is 237 g/mol. The molecule has 0 unspecified atom stereocenters. The number of aliphatic hydroxyl groups is 2. The molecule has 0 aliphatic carbocycles. The Morgan fingerprint density at radius 1 is 1.35 bits per heavy atom. The van der Waals surface area contributed by atoms with Crippen LogP contribution in [0.2, 0.25) is 0 Å². The molecule has 0 aliphatic rings. The smallest absolute Gasteiger partial charge is 0.0889 e. The molecule has 0 saturated heterocycles. The Morgan fingerprint density at radius 3 is 2.65 bits per heavy atom. The van der Waals surface area contributed by atoms with Crippen molar-refractivity contribution in [3.8, 4) is 0 Å². The van der Waals surface area contributed by atoms with Crippen molar-refractivity contribution in [1.82, 2.24) is 0 Å². The lowest BCUT2D eigenvalue weighted by Gasteiger charge is -2.16. The lowest BCUT2D eigenvalue weighted by molar-refractivity contribution is 0.0266. The number of rotatable bonds is 7. The van der Waals surface area contributed by atoms with Crippen molar-refractivity contribution >= 4 is 0 Å². The van der Waals surface area contributed by atoms with E-state index in [0.29, 0.717) is 6.61 Å². The summed E-state index contributed by atoms with van der Waals surface area (Å²) >= 11 is 0. The predicted octanol–water partition coefficient (Wildman–Crippen LogP) is 1.24. The average Bonchev–Trinajstić information content (AvgIpc) is 2.38. The first-order chi connectivity index (χ1) is 8.27. The fourth-order valence-electron chi connectivity index (χ4n) is 1.28. The van der Waals surface area contributed by atoms with Crippen LogP contribution in [0.4, 0.5) is 0 Å². The van der Waals surface area contributed by atoms with Gasteiger partial charge >= 0.3 is 0 Å². The van der Waals surface area contributed by atoms with Crippen molar-refractivity contribution in [3.05, 3.63) is 46.3 Å². The molecule has 1 aromatic rings. The number of azide groups is 1. The minimum Gasteiger partial charge on any atom is -0.394 e. The van der Waals surface area contributed by atoms with E-state index in [1.165, 1.54) is 0 Å². The summed E-state index contributed by atoms with van der Waals surface area (Å²) < 4.78 is 5.32. The molecule has 2 atom stereocenters. The van der Waals surface area contributed by atoms with Gasteiger partial charge in [-0.2, -0.15) is 0 Å². The molecule has 1 aromatic carbocycles. The molecule has 0 fully saturated rings. The van der Waals surface area contributed by atoms with Gasteiger partial charge in [-0.25, -0.2) is 0 Å². The van der Waals surface area contributed by atoms with E-state index in [-0.39, 0.29) is 6.61 Å². The van der Waals surface area contributed by atoms with Crippen LogP contribution in [0.15, 0.2) is 35.4 Å². The zero-order chi connectivity index (χ0) is 12.5. The summed E-state index contributed by atoms with van der Waals surface area (Å²) in [5, 5.41) is 21.5. The van der Waals surface area contributed by atoms with Crippen LogP contribution in [-0.2, 0) is 11.3 Å². The van der Waals surface area contributed by atoms with E-state index in [1.807, 2.05) is 30.3 Å². The normalized spacial score (nSPS) is 13.8. The molecular formula is C11H15N3O3. The molecule has 0 aliphatic heterocycles. The van der Waals surface area contributed by atoms with E-state index < -0.39 is 18.8 Å². The number of nitrogens with zero attached hydrogens (tertiary/aromatic N) is 3. The van der Waals surface area contributed by atoms with Crippen molar-refractivity contribution < 1.29 is 14.9 Å². The summed E-state index contributed by atoms with van der Waals surface area (Å²) in [5.41, 5.74) is 9.30. The molecule has 0 heterocycles. The summed E-state index contributed by atoms with van der Waals surface area (Å²) in [7, 11) is 0. The van der Waals surface area contributed by atoms with Crippen molar-refractivity contribution in [2.75, 3.05) is 13.2 Å². The molecule has 6 nitrogen and oxygen atoms in total. The van der Waals surface area contributed by atoms with Gasteiger partial charge in [-0.05, 0) is 11.1 Å². The van der Waals surface area contributed by atoms with Gasteiger partial charge in [0.15, 0.2) is 0 Å². The molecule has 0 aromatic heterocycles. The van der Waals surface area contributed by atoms with Crippen molar-refractivity contribution in [2.45, 2.75) is 18.8 Å². The van der Waals surface area contributed by atoms with E-state index in [1.54, 1.807) is 0 Å². The Bertz CT molecular complexity index is 365. The molecule has 6 heteroatoms. The van der Waals surface area contributed by atoms with E-state index in [9.17, 15) is 5.11 Å². The summed E-state index contributed by atoms with van der Waals surface area (Å²) in [4.78, 5) is 2.60. The van der Waals surface area contributed by atoms with Gasteiger partial charge in [0, 0.05) is 4.91 Å². The Balaban J connectivity index is 2.40. The number of aliphatic hydroxyl groups excluding tert-OH is 2. The third kappa shape index (κ3) is 4.84. The molecule has 0 bridgehead atoms. The van der Waals surface area contributed by atoms with Gasteiger partial charge in [0.1, 0.15) is 0 Å². The molecule has 1 rings (SSSR count). The van der Waals surface area contributed by atoms with Crippen LogP contribution in [0, 0.1) is 0 Å². The molecule has 0 amide bonds. The minimum absolute atomic E-state index is 0.0701. The van der Waals surface area contributed by atoms with Crippen LogP contribution in [-0.4, -0.2) is 35.6 Å². The summed E-state index contributed by atoms with van der Waals surface area (Å²) in [6.07, 6.45) is -1.10. The number of hydrogen-bond acceptors (Lipinski definition) is 4. The monoisotopic (exact) mass is 237 g/mol. The molecule has 0 saturated carbocycles. The second kappa shape index (κ2) is 7.65. The van der Waals surface area contributed by atoms with Gasteiger partial charge in [0.25, 0.3) is 0 Å². The first kappa shape index (κ1) is 13.5. The van der Waals surface area contributed by atoms with Crippen LogP contribution < -0.4 is 0 Å². The fourth-order valence-corrected chi connectivity index (χ4v) is 1.28. The maximum Gasteiger partial charge on any atom is 0.0889 e. The van der Waals surface area contributed by atoms with Crippen LogP contribution in [0.25, 0.3) is 10.4 Å². The Labute approximate surface area is 99.1 Å². The fraction of sp³-hybridized carbons (Fsp3) is 0.455. The summed E-state index contributed by atoms with van der Waals surface area (Å²) in [6.45, 7) is -0.0184. The highest BCUT2D eigenvalue weighted by molar-refractivity contribution is 5.13. The van der Waals surface area contributed by atoms with E-state index in [2.05, 4.69) is 10.0 Å². The molecule has 17 heavy (non-hydrogen) atoms.